The maximum absolute atomic E-state index is 12.8. The Balaban J connectivity index is 1.56. The molecule has 0 aromatic carbocycles. The second-order valence-corrected chi connectivity index (χ2v) is 10.8. The Morgan fingerprint density at radius 1 is 1.16 bits per heavy atom. The summed E-state index contributed by atoms with van der Waals surface area (Å²) >= 11 is 0. The number of anilines is 1. The van der Waals surface area contributed by atoms with Crippen molar-refractivity contribution >= 4 is 21.7 Å². The number of likely N-dealkylation sites (tertiary alicyclic amines) is 1. The third kappa shape index (κ3) is 4.58. The van der Waals surface area contributed by atoms with Crippen molar-refractivity contribution in [3.63, 3.8) is 0 Å². The van der Waals surface area contributed by atoms with Gasteiger partial charge in [0.05, 0.1) is 23.7 Å². The third-order valence-corrected chi connectivity index (χ3v) is 7.45. The van der Waals surface area contributed by atoms with Crippen molar-refractivity contribution in [3.05, 3.63) is 29.3 Å². The summed E-state index contributed by atoms with van der Waals surface area (Å²) in [5.41, 5.74) is 1.93. The van der Waals surface area contributed by atoms with Gasteiger partial charge in [-0.25, -0.2) is 18.4 Å². The number of carbonyl (C=O) groups excluding carboxylic acids is 1. The van der Waals surface area contributed by atoms with Crippen molar-refractivity contribution in [3.8, 4) is 0 Å². The number of hydrogen-bond acceptors (Lipinski definition) is 7. The van der Waals surface area contributed by atoms with E-state index < -0.39 is 9.84 Å². The summed E-state index contributed by atoms with van der Waals surface area (Å²) in [5, 5.41) is 6.74. The predicted octanol–water partition coefficient (Wildman–Crippen LogP) is 2.17. The lowest BCUT2D eigenvalue weighted by Crippen LogP contribution is -2.39. The number of nitrogens with one attached hydrogen (secondary N) is 1. The van der Waals surface area contributed by atoms with Crippen LogP contribution in [0.3, 0.4) is 0 Å². The van der Waals surface area contributed by atoms with Gasteiger partial charge in [-0.15, -0.1) is 0 Å². The highest BCUT2D eigenvalue weighted by Gasteiger charge is 2.31. The summed E-state index contributed by atoms with van der Waals surface area (Å²) < 4.78 is 24.9. The van der Waals surface area contributed by atoms with Gasteiger partial charge in [0.2, 0.25) is 5.95 Å². The molecule has 9 nitrogen and oxygen atoms in total. The van der Waals surface area contributed by atoms with E-state index in [4.69, 9.17) is 4.98 Å². The van der Waals surface area contributed by atoms with Crippen LogP contribution in [0, 0.1) is 12.8 Å². The van der Waals surface area contributed by atoms with Crippen molar-refractivity contribution < 1.29 is 13.2 Å². The summed E-state index contributed by atoms with van der Waals surface area (Å²) in [5.74, 6) is 1.11. The molecule has 0 bridgehead atoms. The minimum atomic E-state index is -3.45. The fourth-order valence-electron chi connectivity index (χ4n) is 4.57. The molecule has 2 fully saturated rings. The van der Waals surface area contributed by atoms with Gasteiger partial charge in [0.25, 0.3) is 5.91 Å². The maximum Gasteiger partial charge on any atom is 0.257 e. The van der Waals surface area contributed by atoms with Gasteiger partial charge in [-0.3, -0.25) is 9.89 Å². The zero-order chi connectivity index (χ0) is 22.2. The molecule has 2 aliphatic heterocycles. The first-order valence-corrected chi connectivity index (χ1v) is 12.7. The van der Waals surface area contributed by atoms with E-state index in [1.807, 2.05) is 11.8 Å². The Bertz CT molecular complexity index is 1060. The van der Waals surface area contributed by atoms with Crippen LogP contribution in [0.1, 0.15) is 60.3 Å². The predicted molar refractivity (Wildman–Crippen MR) is 117 cm³/mol. The normalized spacial score (nSPS) is 20.8. The number of hydrogen-bond donors (Lipinski definition) is 1. The third-order valence-electron chi connectivity index (χ3n) is 6.34. The lowest BCUT2D eigenvalue weighted by atomic mass is 9.93. The summed E-state index contributed by atoms with van der Waals surface area (Å²) in [4.78, 5) is 26.1. The zero-order valence-electron chi connectivity index (χ0n) is 18.3. The second-order valence-electron chi connectivity index (χ2n) is 8.86. The van der Waals surface area contributed by atoms with Gasteiger partial charge < -0.3 is 9.80 Å². The number of aromatic nitrogens is 4. The van der Waals surface area contributed by atoms with E-state index >= 15 is 0 Å². The molecule has 2 aliphatic rings. The summed E-state index contributed by atoms with van der Waals surface area (Å²) in [7, 11) is -3.45. The first kappa shape index (κ1) is 21.7. The van der Waals surface area contributed by atoms with Crippen LogP contribution >= 0.6 is 0 Å². The molecule has 31 heavy (non-hydrogen) atoms. The molecule has 10 heteroatoms. The average molecular weight is 447 g/mol. The van der Waals surface area contributed by atoms with Gasteiger partial charge in [-0.1, -0.05) is 6.92 Å². The smallest absolute Gasteiger partial charge is 0.257 e. The van der Waals surface area contributed by atoms with E-state index in [0.717, 1.165) is 25.2 Å². The minimum absolute atomic E-state index is 0.0248. The molecule has 1 N–H and O–H groups in total. The van der Waals surface area contributed by atoms with E-state index in [-0.39, 0.29) is 16.7 Å². The molecular formula is C21H30N6O3S. The Kier molecular flexibility index (Phi) is 6.00. The highest BCUT2D eigenvalue weighted by molar-refractivity contribution is 7.90. The Hall–Kier alpha value is -2.49. The molecule has 0 radical (unpaired) electrons. The van der Waals surface area contributed by atoms with E-state index in [1.54, 1.807) is 6.20 Å². The Morgan fingerprint density at radius 2 is 1.90 bits per heavy atom. The van der Waals surface area contributed by atoms with Crippen molar-refractivity contribution in [2.45, 2.75) is 50.3 Å². The largest absolute Gasteiger partial charge is 0.341 e. The molecular weight excluding hydrogens is 416 g/mol. The van der Waals surface area contributed by atoms with Crippen LogP contribution in [0.2, 0.25) is 0 Å². The number of nitrogens with zero attached hydrogens (tertiary/aromatic N) is 5. The van der Waals surface area contributed by atoms with Gasteiger partial charge in [0, 0.05) is 44.0 Å². The standard InChI is InChI=1S/C21H30N6O3S/c1-14-5-4-8-27(13-14)21-22-12-18(31(3,29)30)19(24-21)16-6-9-26(10-7-16)20(28)17-11-23-25-15(17)2/h11-12,14,16H,4-10,13H2,1-3H3,(H,23,25)/t14-/m0/s1. The fraction of sp³-hybridized carbons (Fsp3) is 0.619. The van der Waals surface area contributed by atoms with Crippen LogP contribution in [0.5, 0.6) is 0 Å². The monoisotopic (exact) mass is 446 g/mol. The number of aryl methyl sites for hydroxylation is 1. The fourth-order valence-corrected chi connectivity index (χ4v) is 5.40. The SMILES string of the molecule is Cc1[nH]ncc1C(=O)N1CCC(c2nc(N3CCC[C@H](C)C3)ncc2S(C)(=O)=O)CC1. The number of sulfone groups is 1. The molecule has 4 rings (SSSR count). The summed E-state index contributed by atoms with van der Waals surface area (Å²) in [6, 6.07) is 0. The maximum atomic E-state index is 12.8. The number of H-pyrrole nitrogens is 1. The molecule has 2 aromatic heterocycles. The highest BCUT2D eigenvalue weighted by atomic mass is 32.2. The van der Waals surface area contributed by atoms with Crippen LogP contribution in [0.25, 0.3) is 0 Å². The molecule has 0 saturated carbocycles. The molecule has 168 valence electrons. The molecule has 0 unspecified atom stereocenters. The topological polar surface area (TPSA) is 112 Å². The van der Waals surface area contributed by atoms with E-state index in [1.165, 1.54) is 18.9 Å². The first-order valence-electron chi connectivity index (χ1n) is 10.8. The second kappa shape index (κ2) is 8.57. The van der Waals surface area contributed by atoms with Crippen LogP contribution in [-0.2, 0) is 9.84 Å². The van der Waals surface area contributed by atoms with Crippen LogP contribution < -0.4 is 4.90 Å². The number of aromatic amines is 1. The number of amides is 1. The molecule has 4 heterocycles. The van der Waals surface area contributed by atoms with Gasteiger partial charge in [0.15, 0.2) is 9.84 Å². The van der Waals surface area contributed by atoms with Crippen LogP contribution in [0.4, 0.5) is 5.95 Å². The molecule has 0 aliphatic carbocycles. The quantitative estimate of drug-likeness (QED) is 0.766. The molecule has 0 spiro atoms. The molecule has 2 aromatic rings. The number of rotatable bonds is 4. The molecule has 1 amide bonds. The Morgan fingerprint density at radius 3 is 2.52 bits per heavy atom. The lowest BCUT2D eigenvalue weighted by molar-refractivity contribution is 0.0710. The summed E-state index contributed by atoms with van der Waals surface area (Å²) in [6.07, 6.45) is 7.84. The molecule has 1 atom stereocenters. The summed E-state index contributed by atoms with van der Waals surface area (Å²) in [6.45, 7) is 6.92. The minimum Gasteiger partial charge on any atom is -0.341 e. The van der Waals surface area contributed by atoms with Gasteiger partial charge in [0.1, 0.15) is 4.90 Å². The van der Waals surface area contributed by atoms with Crippen molar-refractivity contribution in [2.75, 3.05) is 37.3 Å². The van der Waals surface area contributed by atoms with Gasteiger partial charge in [-0.2, -0.15) is 5.10 Å². The first-order chi connectivity index (χ1) is 14.7. The number of piperidine rings is 2. The van der Waals surface area contributed by atoms with Crippen LogP contribution in [-0.4, -0.2) is 71.8 Å². The van der Waals surface area contributed by atoms with Gasteiger partial charge in [-0.05, 0) is 38.5 Å². The zero-order valence-corrected chi connectivity index (χ0v) is 19.2. The average Bonchev–Trinajstić information content (AvgIpc) is 3.18. The highest BCUT2D eigenvalue weighted by Crippen LogP contribution is 2.33. The molecule has 2 saturated heterocycles. The Labute approximate surface area is 183 Å². The van der Waals surface area contributed by atoms with E-state index in [9.17, 15) is 13.2 Å². The van der Waals surface area contributed by atoms with Crippen molar-refractivity contribution in [2.24, 2.45) is 5.92 Å². The van der Waals surface area contributed by atoms with E-state index in [2.05, 4.69) is 27.0 Å². The number of carbonyl (C=O) groups is 1. The van der Waals surface area contributed by atoms with E-state index in [0.29, 0.717) is 49.1 Å². The lowest BCUT2D eigenvalue weighted by Gasteiger charge is -2.34. The van der Waals surface area contributed by atoms with Crippen molar-refractivity contribution in [1.82, 2.24) is 25.1 Å². The van der Waals surface area contributed by atoms with Crippen LogP contribution in [0.15, 0.2) is 17.3 Å². The van der Waals surface area contributed by atoms with Gasteiger partial charge >= 0.3 is 0 Å². The van der Waals surface area contributed by atoms with Crippen molar-refractivity contribution in [1.29, 1.82) is 0 Å².